The number of nitrogens with zero attached hydrogens (tertiary/aromatic N) is 2. The molecule has 7 heteroatoms. The highest BCUT2D eigenvalue weighted by Gasteiger charge is 2.29. The lowest BCUT2D eigenvalue weighted by molar-refractivity contribution is 0.322. The average Bonchev–Trinajstić information content (AvgIpc) is 3.30. The number of hydrogen-bond donors (Lipinski definition) is 2. The summed E-state index contributed by atoms with van der Waals surface area (Å²) >= 11 is 1.54. The van der Waals surface area contributed by atoms with Crippen LogP contribution in [0.1, 0.15) is 34.1 Å². The van der Waals surface area contributed by atoms with Crippen LogP contribution in [-0.4, -0.2) is 21.7 Å². The van der Waals surface area contributed by atoms with Crippen LogP contribution in [-0.2, 0) is 6.42 Å². The van der Waals surface area contributed by atoms with Gasteiger partial charge in [0.15, 0.2) is 11.6 Å². The molecule has 0 amide bonds. The van der Waals surface area contributed by atoms with Gasteiger partial charge in [0.05, 0.1) is 16.8 Å². The molecule has 3 aromatic rings. The number of aromatic nitrogens is 1. The molecule has 4 rings (SSSR count). The molecule has 1 aromatic carbocycles. The first-order chi connectivity index (χ1) is 13.0. The third-order valence-electron chi connectivity index (χ3n) is 4.87. The Morgan fingerprint density at radius 2 is 2.07 bits per heavy atom. The lowest BCUT2D eigenvalue weighted by Gasteiger charge is -2.10. The van der Waals surface area contributed by atoms with Gasteiger partial charge in [0.1, 0.15) is 5.76 Å². The molecular weight excluding hydrogens is 367 g/mol. The van der Waals surface area contributed by atoms with E-state index in [1.54, 1.807) is 6.07 Å². The van der Waals surface area contributed by atoms with Crippen LogP contribution in [0.5, 0.6) is 5.75 Å². The summed E-state index contributed by atoms with van der Waals surface area (Å²) in [5, 5.41) is 26.0. The molecule has 1 saturated carbocycles. The number of thiophene rings is 1. The van der Waals surface area contributed by atoms with Gasteiger partial charge in [-0.3, -0.25) is 0 Å². The van der Waals surface area contributed by atoms with Crippen LogP contribution in [0.3, 0.4) is 0 Å². The summed E-state index contributed by atoms with van der Waals surface area (Å²) in [6.07, 6.45) is 4.66. The summed E-state index contributed by atoms with van der Waals surface area (Å²) < 4.78 is 19.5. The molecule has 2 N–H and O–H groups in total. The fourth-order valence-corrected chi connectivity index (χ4v) is 4.74. The number of aromatic hydroxyl groups is 1. The summed E-state index contributed by atoms with van der Waals surface area (Å²) in [4.78, 5) is 1.87. The Hall–Kier alpha value is -2.67. The third kappa shape index (κ3) is 3.23. The molecular formula is C20H19FN2O3S. The highest BCUT2D eigenvalue weighted by molar-refractivity contribution is 7.15. The second-order valence-electron chi connectivity index (χ2n) is 6.90. The SMILES string of the molecule is Cc1noc(C)c1-c1c(/C=N/O)sc(CC2CC2)c1-c1ccc(O)c(F)c1. The molecule has 0 atom stereocenters. The molecule has 0 aliphatic heterocycles. The predicted molar refractivity (Wildman–Crippen MR) is 102 cm³/mol. The molecule has 0 radical (unpaired) electrons. The summed E-state index contributed by atoms with van der Waals surface area (Å²) in [6.45, 7) is 3.68. The van der Waals surface area contributed by atoms with Crippen molar-refractivity contribution in [1.82, 2.24) is 5.16 Å². The zero-order valence-corrected chi connectivity index (χ0v) is 15.8. The maximum atomic E-state index is 14.1. The molecule has 2 heterocycles. The first-order valence-electron chi connectivity index (χ1n) is 8.74. The van der Waals surface area contributed by atoms with E-state index in [0.717, 1.165) is 38.6 Å². The standard InChI is InChI=1S/C20H19FN2O3S/c1-10-18(11(2)26-23-10)20-17(9-22-25)27-16(7-12-3-4-12)19(20)13-5-6-15(24)14(21)8-13/h5-6,8-9,12,24-25H,3-4,7H2,1-2H3/b22-9+. The Labute approximate surface area is 159 Å². The Kier molecular flexibility index (Phi) is 4.47. The maximum Gasteiger partial charge on any atom is 0.165 e. The van der Waals surface area contributed by atoms with Crippen molar-refractivity contribution in [3.8, 4) is 28.0 Å². The van der Waals surface area contributed by atoms with Crippen molar-refractivity contribution in [3.63, 3.8) is 0 Å². The van der Waals surface area contributed by atoms with E-state index < -0.39 is 5.82 Å². The number of rotatable bonds is 5. The van der Waals surface area contributed by atoms with E-state index in [1.807, 2.05) is 13.8 Å². The second kappa shape index (κ2) is 6.81. The van der Waals surface area contributed by atoms with Crippen molar-refractivity contribution in [2.75, 3.05) is 0 Å². The van der Waals surface area contributed by atoms with E-state index in [1.165, 1.54) is 42.5 Å². The van der Waals surface area contributed by atoms with Gasteiger partial charge in [-0.2, -0.15) is 0 Å². The molecule has 0 bridgehead atoms. The molecule has 1 aliphatic carbocycles. The monoisotopic (exact) mass is 386 g/mol. The number of oxime groups is 1. The van der Waals surface area contributed by atoms with E-state index in [9.17, 15) is 9.50 Å². The number of benzene rings is 1. The zero-order chi connectivity index (χ0) is 19.1. The minimum atomic E-state index is -0.668. The molecule has 1 aliphatic rings. The Morgan fingerprint density at radius 1 is 1.30 bits per heavy atom. The quantitative estimate of drug-likeness (QED) is 0.355. The van der Waals surface area contributed by atoms with Crippen LogP contribution in [0.25, 0.3) is 22.3 Å². The minimum absolute atomic E-state index is 0.381. The van der Waals surface area contributed by atoms with Crippen molar-refractivity contribution < 1.29 is 19.2 Å². The van der Waals surface area contributed by atoms with E-state index in [4.69, 9.17) is 9.73 Å². The van der Waals surface area contributed by atoms with Gasteiger partial charge in [-0.05, 0) is 56.7 Å². The summed E-state index contributed by atoms with van der Waals surface area (Å²) in [7, 11) is 0. The molecule has 0 spiro atoms. The van der Waals surface area contributed by atoms with Crippen LogP contribution in [0, 0.1) is 25.6 Å². The Balaban J connectivity index is 2.02. The fourth-order valence-electron chi connectivity index (χ4n) is 3.42. The number of halogens is 1. The van der Waals surface area contributed by atoms with Crippen molar-refractivity contribution in [1.29, 1.82) is 0 Å². The largest absolute Gasteiger partial charge is 0.505 e. The molecule has 5 nitrogen and oxygen atoms in total. The Bertz CT molecular complexity index is 1010. The van der Waals surface area contributed by atoms with Gasteiger partial charge in [0.25, 0.3) is 0 Å². The Morgan fingerprint density at radius 3 is 2.67 bits per heavy atom. The first-order valence-corrected chi connectivity index (χ1v) is 9.56. The van der Waals surface area contributed by atoms with Crippen LogP contribution < -0.4 is 0 Å². The van der Waals surface area contributed by atoms with Gasteiger partial charge < -0.3 is 14.8 Å². The fraction of sp³-hybridized carbons (Fsp3) is 0.300. The number of hydrogen-bond acceptors (Lipinski definition) is 6. The summed E-state index contributed by atoms with van der Waals surface area (Å²) in [5.41, 5.74) is 3.93. The predicted octanol–water partition coefficient (Wildman–Crippen LogP) is 5.29. The van der Waals surface area contributed by atoms with Crippen molar-refractivity contribution in [2.24, 2.45) is 11.1 Å². The lowest BCUT2D eigenvalue weighted by Crippen LogP contribution is -1.92. The molecule has 0 saturated heterocycles. The first kappa shape index (κ1) is 17.7. The van der Waals surface area contributed by atoms with E-state index in [0.29, 0.717) is 17.2 Å². The minimum Gasteiger partial charge on any atom is -0.505 e. The van der Waals surface area contributed by atoms with Crippen LogP contribution in [0.4, 0.5) is 4.39 Å². The van der Waals surface area contributed by atoms with Gasteiger partial charge in [0, 0.05) is 21.6 Å². The van der Waals surface area contributed by atoms with Gasteiger partial charge in [-0.15, -0.1) is 11.3 Å². The van der Waals surface area contributed by atoms with Crippen molar-refractivity contribution in [3.05, 3.63) is 45.2 Å². The topological polar surface area (TPSA) is 78.9 Å². The van der Waals surface area contributed by atoms with Gasteiger partial charge in [-0.25, -0.2) is 4.39 Å². The van der Waals surface area contributed by atoms with Crippen molar-refractivity contribution in [2.45, 2.75) is 33.1 Å². The number of phenols is 1. The lowest BCUT2D eigenvalue weighted by atomic mass is 9.92. The number of phenolic OH excluding ortho intramolecular Hbond substituents is 1. The maximum absolute atomic E-state index is 14.1. The molecule has 1 fully saturated rings. The zero-order valence-electron chi connectivity index (χ0n) is 15.0. The average molecular weight is 386 g/mol. The van der Waals surface area contributed by atoms with Crippen molar-refractivity contribution >= 4 is 17.6 Å². The van der Waals surface area contributed by atoms with Crippen LogP contribution >= 0.6 is 11.3 Å². The van der Waals surface area contributed by atoms with E-state index >= 15 is 0 Å². The van der Waals surface area contributed by atoms with E-state index in [2.05, 4.69) is 10.3 Å². The molecule has 2 aromatic heterocycles. The van der Waals surface area contributed by atoms with Crippen LogP contribution in [0.15, 0.2) is 27.9 Å². The summed E-state index contributed by atoms with van der Waals surface area (Å²) in [5.74, 6) is 0.226. The summed E-state index contributed by atoms with van der Waals surface area (Å²) in [6, 6.07) is 4.41. The number of aryl methyl sites for hydroxylation is 2. The molecule has 140 valence electrons. The molecule has 0 unspecified atom stereocenters. The highest BCUT2D eigenvalue weighted by Crippen LogP contribution is 2.48. The van der Waals surface area contributed by atoms with Gasteiger partial charge in [-0.1, -0.05) is 16.4 Å². The normalized spacial score (nSPS) is 14.3. The van der Waals surface area contributed by atoms with Gasteiger partial charge in [0.2, 0.25) is 0 Å². The van der Waals surface area contributed by atoms with Crippen LogP contribution in [0.2, 0.25) is 0 Å². The highest BCUT2D eigenvalue weighted by atomic mass is 32.1. The third-order valence-corrected chi connectivity index (χ3v) is 6.02. The molecule has 27 heavy (non-hydrogen) atoms. The second-order valence-corrected chi connectivity index (χ2v) is 8.03. The van der Waals surface area contributed by atoms with E-state index in [-0.39, 0.29) is 5.75 Å². The van der Waals surface area contributed by atoms with Gasteiger partial charge >= 0.3 is 0 Å². The smallest absolute Gasteiger partial charge is 0.165 e.